The number of rotatable bonds is 6. The average Bonchev–Trinajstić information content (AvgIpc) is 2.44. The SMILES string of the molecule is CC[C@H](C)NC(=O)NC(=O)COc1ccccc1[N+](=O)[O-]. The van der Waals surface area contributed by atoms with Crippen molar-refractivity contribution >= 4 is 17.6 Å². The van der Waals surface area contributed by atoms with Gasteiger partial charge in [-0.25, -0.2) is 4.79 Å². The van der Waals surface area contributed by atoms with Crippen molar-refractivity contribution in [2.45, 2.75) is 26.3 Å². The largest absolute Gasteiger partial charge is 0.477 e. The maximum absolute atomic E-state index is 11.5. The molecule has 0 radical (unpaired) electrons. The molecule has 1 atom stereocenters. The van der Waals surface area contributed by atoms with Gasteiger partial charge in [-0.15, -0.1) is 0 Å². The summed E-state index contributed by atoms with van der Waals surface area (Å²) in [5.41, 5.74) is -0.241. The van der Waals surface area contributed by atoms with Gasteiger partial charge < -0.3 is 10.1 Å². The number of nitrogens with zero attached hydrogens (tertiary/aromatic N) is 1. The van der Waals surface area contributed by atoms with Crippen molar-refractivity contribution in [3.63, 3.8) is 0 Å². The summed E-state index contributed by atoms with van der Waals surface area (Å²) in [6, 6.07) is 5.00. The molecule has 0 fully saturated rings. The van der Waals surface area contributed by atoms with Crippen LogP contribution >= 0.6 is 0 Å². The van der Waals surface area contributed by atoms with E-state index in [1.807, 2.05) is 6.92 Å². The van der Waals surface area contributed by atoms with E-state index >= 15 is 0 Å². The number of urea groups is 1. The van der Waals surface area contributed by atoms with E-state index in [1.165, 1.54) is 18.2 Å². The molecule has 21 heavy (non-hydrogen) atoms. The maximum atomic E-state index is 11.5. The van der Waals surface area contributed by atoms with Gasteiger partial charge in [0.25, 0.3) is 5.91 Å². The van der Waals surface area contributed by atoms with E-state index in [0.717, 1.165) is 6.42 Å². The first-order valence-corrected chi connectivity index (χ1v) is 6.40. The zero-order chi connectivity index (χ0) is 15.8. The molecule has 0 saturated carbocycles. The number of hydrogen-bond donors (Lipinski definition) is 2. The van der Waals surface area contributed by atoms with Gasteiger partial charge in [0.05, 0.1) is 4.92 Å². The number of nitro benzene ring substituents is 1. The third-order valence-electron chi connectivity index (χ3n) is 2.66. The van der Waals surface area contributed by atoms with Crippen LogP contribution in [0.3, 0.4) is 0 Å². The highest BCUT2D eigenvalue weighted by atomic mass is 16.6. The third kappa shape index (κ3) is 5.47. The standard InChI is InChI=1S/C13H17N3O5/c1-3-9(2)14-13(18)15-12(17)8-21-11-7-5-4-6-10(11)16(19)20/h4-7,9H,3,8H2,1-2H3,(H2,14,15,17,18)/t9-/m0/s1. The lowest BCUT2D eigenvalue weighted by Crippen LogP contribution is -2.44. The number of amides is 3. The summed E-state index contributed by atoms with van der Waals surface area (Å²) >= 11 is 0. The number of nitro groups is 1. The van der Waals surface area contributed by atoms with E-state index < -0.39 is 23.5 Å². The molecule has 0 saturated heterocycles. The van der Waals surface area contributed by atoms with Crippen molar-refractivity contribution in [2.75, 3.05) is 6.61 Å². The topological polar surface area (TPSA) is 111 Å². The van der Waals surface area contributed by atoms with Crippen LogP contribution < -0.4 is 15.4 Å². The van der Waals surface area contributed by atoms with Crippen LogP contribution in [0.1, 0.15) is 20.3 Å². The second kappa shape index (κ2) is 7.83. The molecule has 0 heterocycles. The predicted molar refractivity (Wildman–Crippen MR) is 75.0 cm³/mol. The number of carbonyl (C=O) groups excluding carboxylic acids is 2. The molecular formula is C13H17N3O5. The highest BCUT2D eigenvalue weighted by molar-refractivity contribution is 5.95. The molecule has 0 spiro atoms. The molecule has 2 N–H and O–H groups in total. The monoisotopic (exact) mass is 295 g/mol. The molecule has 114 valence electrons. The second-order valence-electron chi connectivity index (χ2n) is 4.34. The van der Waals surface area contributed by atoms with Crippen LogP contribution in [0.4, 0.5) is 10.5 Å². The molecule has 0 aliphatic carbocycles. The normalized spacial score (nSPS) is 11.3. The molecule has 0 unspecified atom stereocenters. The summed E-state index contributed by atoms with van der Waals surface area (Å²) in [4.78, 5) is 33.1. The summed E-state index contributed by atoms with van der Waals surface area (Å²) in [6.45, 7) is 3.21. The van der Waals surface area contributed by atoms with Crippen molar-refractivity contribution in [1.29, 1.82) is 0 Å². The smallest absolute Gasteiger partial charge is 0.321 e. The summed E-state index contributed by atoms with van der Waals surface area (Å²) in [5, 5.41) is 15.4. The van der Waals surface area contributed by atoms with E-state index in [-0.39, 0.29) is 17.5 Å². The van der Waals surface area contributed by atoms with Crippen LogP contribution in [0.25, 0.3) is 0 Å². The van der Waals surface area contributed by atoms with E-state index in [1.54, 1.807) is 13.0 Å². The number of imide groups is 1. The Bertz CT molecular complexity index is 532. The Labute approximate surface area is 121 Å². The molecule has 0 bridgehead atoms. The van der Waals surface area contributed by atoms with Crippen LogP contribution in [0, 0.1) is 10.1 Å². The Balaban J connectivity index is 2.50. The summed E-state index contributed by atoms with van der Waals surface area (Å²) < 4.78 is 5.06. The van der Waals surface area contributed by atoms with Crippen LogP contribution in [0.5, 0.6) is 5.75 Å². The van der Waals surface area contributed by atoms with Gasteiger partial charge in [0, 0.05) is 12.1 Å². The molecule has 3 amide bonds. The van der Waals surface area contributed by atoms with E-state index in [0.29, 0.717) is 0 Å². The Morgan fingerprint density at radius 1 is 1.38 bits per heavy atom. The lowest BCUT2D eigenvalue weighted by molar-refractivity contribution is -0.385. The first kappa shape index (κ1) is 16.4. The van der Waals surface area contributed by atoms with Gasteiger partial charge in [0.1, 0.15) is 0 Å². The molecule has 1 aromatic rings. The lowest BCUT2D eigenvalue weighted by atomic mass is 10.3. The van der Waals surface area contributed by atoms with Crippen LogP contribution in [-0.4, -0.2) is 29.5 Å². The van der Waals surface area contributed by atoms with Crippen LogP contribution in [0.2, 0.25) is 0 Å². The average molecular weight is 295 g/mol. The van der Waals surface area contributed by atoms with Crippen molar-refractivity contribution < 1.29 is 19.2 Å². The van der Waals surface area contributed by atoms with Gasteiger partial charge >= 0.3 is 11.7 Å². The highest BCUT2D eigenvalue weighted by Crippen LogP contribution is 2.25. The minimum Gasteiger partial charge on any atom is -0.477 e. The van der Waals surface area contributed by atoms with Gasteiger partial charge in [0.15, 0.2) is 12.4 Å². The summed E-state index contributed by atoms with van der Waals surface area (Å²) in [7, 11) is 0. The first-order valence-electron chi connectivity index (χ1n) is 6.40. The number of ether oxygens (including phenoxy) is 1. The molecule has 0 aliphatic heterocycles. The summed E-state index contributed by atoms with van der Waals surface area (Å²) in [6.07, 6.45) is 0.730. The first-order chi connectivity index (χ1) is 9.93. The fraction of sp³-hybridized carbons (Fsp3) is 0.385. The van der Waals surface area contributed by atoms with Crippen LogP contribution in [-0.2, 0) is 4.79 Å². The van der Waals surface area contributed by atoms with Gasteiger partial charge in [-0.05, 0) is 19.4 Å². The molecule has 8 heteroatoms. The fourth-order valence-electron chi connectivity index (χ4n) is 1.40. The van der Waals surface area contributed by atoms with Gasteiger partial charge in [-0.3, -0.25) is 20.2 Å². The van der Waals surface area contributed by atoms with Crippen molar-refractivity contribution in [3.05, 3.63) is 34.4 Å². The van der Waals surface area contributed by atoms with Crippen LogP contribution in [0.15, 0.2) is 24.3 Å². The predicted octanol–water partition coefficient (Wildman–Crippen LogP) is 1.60. The number of carbonyl (C=O) groups is 2. The molecule has 0 aromatic heterocycles. The lowest BCUT2D eigenvalue weighted by Gasteiger charge is -2.12. The van der Waals surface area contributed by atoms with E-state index in [2.05, 4.69) is 10.6 Å². The number of hydrogen-bond acceptors (Lipinski definition) is 5. The number of nitrogens with one attached hydrogen (secondary N) is 2. The zero-order valence-electron chi connectivity index (χ0n) is 11.8. The molecule has 1 aromatic carbocycles. The minimum absolute atomic E-state index is 0.0278. The quantitative estimate of drug-likeness (QED) is 0.611. The molecule has 1 rings (SSSR count). The number of benzene rings is 1. The Morgan fingerprint density at radius 2 is 2.05 bits per heavy atom. The zero-order valence-corrected chi connectivity index (χ0v) is 11.8. The second-order valence-corrected chi connectivity index (χ2v) is 4.34. The Kier molecular flexibility index (Phi) is 6.12. The van der Waals surface area contributed by atoms with Crippen molar-refractivity contribution in [3.8, 4) is 5.75 Å². The Hall–Kier alpha value is -2.64. The van der Waals surface area contributed by atoms with Gasteiger partial charge in [-0.2, -0.15) is 0 Å². The Morgan fingerprint density at radius 3 is 2.67 bits per heavy atom. The number of para-hydroxylation sites is 2. The van der Waals surface area contributed by atoms with E-state index in [9.17, 15) is 19.7 Å². The molecular weight excluding hydrogens is 278 g/mol. The van der Waals surface area contributed by atoms with Gasteiger partial charge in [0.2, 0.25) is 0 Å². The summed E-state index contributed by atoms with van der Waals surface area (Å²) in [5.74, 6) is -0.714. The van der Waals surface area contributed by atoms with Crippen molar-refractivity contribution in [1.82, 2.24) is 10.6 Å². The minimum atomic E-state index is -0.686. The molecule has 0 aliphatic rings. The van der Waals surface area contributed by atoms with E-state index in [4.69, 9.17) is 4.74 Å². The molecule has 8 nitrogen and oxygen atoms in total. The highest BCUT2D eigenvalue weighted by Gasteiger charge is 2.16. The fourth-order valence-corrected chi connectivity index (χ4v) is 1.40. The third-order valence-corrected chi connectivity index (χ3v) is 2.66. The van der Waals surface area contributed by atoms with Crippen molar-refractivity contribution in [2.24, 2.45) is 0 Å². The van der Waals surface area contributed by atoms with Gasteiger partial charge in [-0.1, -0.05) is 19.1 Å². The maximum Gasteiger partial charge on any atom is 0.321 e.